The van der Waals surface area contributed by atoms with Gasteiger partial charge in [-0.25, -0.2) is 17.9 Å². The second kappa shape index (κ2) is 11.0. The average molecular weight is 346 g/mol. The maximum Gasteiger partial charge on any atom is 0.421 e. The summed E-state index contributed by atoms with van der Waals surface area (Å²) in [5, 5.41) is 0. The molecule has 0 saturated heterocycles. The number of carbonyl (C=O) groups is 1. The summed E-state index contributed by atoms with van der Waals surface area (Å²) in [6.07, 6.45) is 0.733. The van der Waals surface area contributed by atoms with E-state index in [2.05, 4.69) is 0 Å². The second-order valence-corrected chi connectivity index (χ2v) is 6.53. The highest BCUT2D eigenvalue weighted by molar-refractivity contribution is 7.89. The molecule has 0 aliphatic carbocycles. The van der Waals surface area contributed by atoms with Gasteiger partial charge in [0, 0.05) is 0 Å². The van der Waals surface area contributed by atoms with Crippen LogP contribution in [0, 0.1) is 0 Å². The molecule has 0 aliphatic heterocycles. The van der Waals surface area contributed by atoms with Crippen LogP contribution in [-0.4, -0.2) is 20.8 Å². The van der Waals surface area contributed by atoms with Gasteiger partial charge in [0.15, 0.2) is 0 Å². The molecule has 1 rings (SSSR count). The van der Waals surface area contributed by atoms with Gasteiger partial charge < -0.3 is 4.74 Å². The van der Waals surface area contributed by atoms with Crippen LogP contribution in [-0.2, 0) is 26.8 Å². The van der Waals surface area contributed by atoms with Crippen molar-refractivity contribution in [2.24, 2.45) is 0 Å². The number of carbonyl (C=O) groups excluding carboxylic acids is 1. The molecular formula is C17H31NO4S. The summed E-state index contributed by atoms with van der Waals surface area (Å²) < 4.78 is 29.0. The first-order chi connectivity index (χ1) is 10.7. The lowest BCUT2D eigenvalue weighted by atomic mass is 9.92. The van der Waals surface area contributed by atoms with Gasteiger partial charge in [0.05, 0.1) is 6.26 Å². The van der Waals surface area contributed by atoms with Gasteiger partial charge in [-0.1, -0.05) is 58.9 Å². The van der Waals surface area contributed by atoms with Gasteiger partial charge in [-0.2, -0.15) is 0 Å². The van der Waals surface area contributed by atoms with Crippen molar-refractivity contribution in [2.45, 2.75) is 60.5 Å². The van der Waals surface area contributed by atoms with Gasteiger partial charge in [-0.15, -0.1) is 0 Å². The van der Waals surface area contributed by atoms with E-state index in [9.17, 15) is 13.2 Å². The Morgan fingerprint density at radius 3 is 2.04 bits per heavy atom. The molecule has 0 unspecified atom stereocenters. The predicted octanol–water partition coefficient (Wildman–Crippen LogP) is 4.22. The van der Waals surface area contributed by atoms with E-state index in [1.165, 1.54) is 0 Å². The van der Waals surface area contributed by atoms with E-state index in [1.807, 2.05) is 58.9 Å². The molecule has 0 fully saturated rings. The van der Waals surface area contributed by atoms with Crippen molar-refractivity contribution < 1.29 is 17.9 Å². The fraction of sp³-hybridized carbons (Fsp3) is 0.588. The Kier molecular flexibility index (Phi) is 11.4. The summed E-state index contributed by atoms with van der Waals surface area (Å²) in [5.74, 6) is 0. The molecule has 0 atom stereocenters. The Morgan fingerprint density at radius 2 is 1.61 bits per heavy atom. The zero-order chi connectivity index (χ0) is 18.7. The first-order valence-corrected chi connectivity index (χ1v) is 9.84. The third kappa shape index (κ3) is 9.23. The van der Waals surface area contributed by atoms with E-state index in [0.29, 0.717) is 0 Å². The summed E-state index contributed by atoms with van der Waals surface area (Å²) in [6.45, 7) is 13.5. The molecule has 0 bridgehead atoms. The van der Waals surface area contributed by atoms with Crippen molar-refractivity contribution >= 4 is 16.1 Å². The number of ether oxygens (including phenoxy) is 1. The Labute approximate surface area is 141 Å². The van der Waals surface area contributed by atoms with Crippen LogP contribution in [0.1, 0.15) is 59.6 Å². The molecule has 1 amide bonds. The average Bonchev–Trinajstić information content (AvgIpc) is 2.48. The second-order valence-electron chi connectivity index (χ2n) is 4.78. The van der Waals surface area contributed by atoms with Gasteiger partial charge in [0.1, 0.15) is 5.60 Å². The molecule has 0 heterocycles. The number of benzene rings is 1. The number of hydrogen-bond donors (Lipinski definition) is 1. The Balaban J connectivity index is 0. The molecule has 0 aromatic heterocycles. The highest BCUT2D eigenvalue weighted by atomic mass is 32.2. The first-order valence-electron chi connectivity index (χ1n) is 7.95. The molecule has 1 N–H and O–H groups in total. The van der Waals surface area contributed by atoms with Crippen LogP contribution in [0.15, 0.2) is 24.3 Å². The van der Waals surface area contributed by atoms with Gasteiger partial charge >= 0.3 is 6.09 Å². The van der Waals surface area contributed by atoms with Crippen molar-refractivity contribution in [1.82, 2.24) is 4.72 Å². The summed E-state index contributed by atoms with van der Waals surface area (Å²) in [5.41, 5.74) is 1.02. The minimum absolute atomic E-state index is 0.802. The van der Waals surface area contributed by atoms with E-state index < -0.39 is 21.7 Å². The standard InChI is InChI=1S/C13H19NO4S.2C2H6/c1-5-10-8-6-7-9-11(10)13(2,3)18-12(15)14-19(4,16)17;2*1-2/h6-9H,5H2,1-4H3,(H,14,15);2*1-2H3. The van der Waals surface area contributed by atoms with Gasteiger partial charge in [0.2, 0.25) is 10.0 Å². The van der Waals surface area contributed by atoms with E-state index in [-0.39, 0.29) is 0 Å². The van der Waals surface area contributed by atoms with Crippen LogP contribution in [0.5, 0.6) is 0 Å². The van der Waals surface area contributed by atoms with Gasteiger partial charge in [-0.3, -0.25) is 0 Å². The molecule has 23 heavy (non-hydrogen) atoms. The zero-order valence-corrected chi connectivity index (χ0v) is 16.4. The largest absolute Gasteiger partial charge is 0.438 e. The highest BCUT2D eigenvalue weighted by Gasteiger charge is 2.28. The lowest BCUT2D eigenvalue weighted by Gasteiger charge is -2.27. The molecule has 1 aromatic rings. The van der Waals surface area contributed by atoms with Crippen molar-refractivity contribution in [1.29, 1.82) is 0 Å². The SMILES string of the molecule is CC.CC.CCc1ccccc1C(C)(C)OC(=O)NS(C)(=O)=O. The maximum absolute atomic E-state index is 11.5. The van der Waals surface area contributed by atoms with Crippen LogP contribution >= 0.6 is 0 Å². The normalized spacial score (nSPS) is 10.4. The molecule has 0 saturated carbocycles. The van der Waals surface area contributed by atoms with E-state index in [1.54, 1.807) is 18.6 Å². The molecule has 134 valence electrons. The van der Waals surface area contributed by atoms with E-state index in [4.69, 9.17) is 4.74 Å². The fourth-order valence-electron chi connectivity index (χ4n) is 1.87. The van der Waals surface area contributed by atoms with Crippen LogP contribution < -0.4 is 4.72 Å². The third-order valence-corrected chi connectivity index (χ3v) is 3.20. The number of sulfonamides is 1. The molecule has 0 spiro atoms. The molecule has 5 nitrogen and oxygen atoms in total. The molecule has 0 aliphatic rings. The van der Waals surface area contributed by atoms with Crippen LogP contribution in [0.4, 0.5) is 4.79 Å². The highest BCUT2D eigenvalue weighted by Crippen LogP contribution is 2.28. The summed E-state index contributed by atoms with van der Waals surface area (Å²) >= 11 is 0. The number of hydrogen-bond acceptors (Lipinski definition) is 4. The molecule has 0 radical (unpaired) electrons. The van der Waals surface area contributed by atoms with Crippen molar-refractivity contribution in [3.8, 4) is 0 Å². The number of amides is 1. The monoisotopic (exact) mass is 345 g/mol. The van der Waals surface area contributed by atoms with Crippen LogP contribution in [0.25, 0.3) is 0 Å². The quantitative estimate of drug-likeness (QED) is 0.886. The first kappa shape index (κ1) is 23.7. The maximum atomic E-state index is 11.5. The number of nitrogens with one attached hydrogen (secondary N) is 1. The Bertz CT molecular complexity index is 566. The van der Waals surface area contributed by atoms with Crippen LogP contribution in [0.3, 0.4) is 0 Å². The zero-order valence-electron chi connectivity index (χ0n) is 15.6. The Hall–Kier alpha value is -1.56. The van der Waals surface area contributed by atoms with Crippen molar-refractivity contribution in [3.63, 3.8) is 0 Å². The molecule has 6 heteroatoms. The lowest BCUT2D eigenvalue weighted by Crippen LogP contribution is -2.36. The fourth-order valence-corrected chi connectivity index (χ4v) is 2.22. The topological polar surface area (TPSA) is 72.5 Å². The number of aryl methyl sites for hydroxylation is 1. The molecular weight excluding hydrogens is 314 g/mol. The Morgan fingerprint density at radius 1 is 1.13 bits per heavy atom. The smallest absolute Gasteiger partial charge is 0.421 e. The summed E-state index contributed by atoms with van der Waals surface area (Å²) in [4.78, 5) is 11.5. The van der Waals surface area contributed by atoms with E-state index >= 15 is 0 Å². The van der Waals surface area contributed by atoms with Gasteiger partial charge in [-0.05, 0) is 31.4 Å². The third-order valence-electron chi connectivity index (χ3n) is 2.66. The number of rotatable bonds is 4. The van der Waals surface area contributed by atoms with E-state index in [0.717, 1.165) is 23.8 Å². The van der Waals surface area contributed by atoms with Crippen molar-refractivity contribution in [2.75, 3.05) is 6.26 Å². The van der Waals surface area contributed by atoms with Crippen LogP contribution in [0.2, 0.25) is 0 Å². The summed E-state index contributed by atoms with van der Waals surface area (Å²) in [6, 6.07) is 7.59. The minimum Gasteiger partial charge on any atom is -0.438 e. The lowest BCUT2D eigenvalue weighted by molar-refractivity contribution is 0.0399. The summed E-state index contributed by atoms with van der Waals surface area (Å²) in [7, 11) is -3.62. The molecule has 1 aromatic carbocycles. The van der Waals surface area contributed by atoms with Gasteiger partial charge in [0.25, 0.3) is 0 Å². The predicted molar refractivity (Wildman–Crippen MR) is 96.0 cm³/mol. The minimum atomic E-state index is -3.62. The van der Waals surface area contributed by atoms with Crippen molar-refractivity contribution in [3.05, 3.63) is 35.4 Å².